The molecule has 0 saturated carbocycles. The van der Waals surface area contributed by atoms with Crippen molar-refractivity contribution in [3.8, 4) is 0 Å². The summed E-state index contributed by atoms with van der Waals surface area (Å²) in [7, 11) is 0. The zero-order chi connectivity index (χ0) is 9.35. The number of hydrogen-bond donors (Lipinski definition) is 2. The molecule has 1 aliphatic heterocycles. The third kappa shape index (κ3) is 1.61. The lowest BCUT2D eigenvalue weighted by Crippen LogP contribution is -2.30. The minimum Gasteiger partial charge on any atom is -0.396 e. The maximum absolute atomic E-state index is 11.2. The number of carbonyl (C=O) groups excluding carboxylic acids is 1. The largest absolute Gasteiger partial charge is 0.396 e. The monoisotopic (exact) mass is 171 g/mol. The number of amides is 1. The van der Waals surface area contributed by atoms with E-state index >= 15 is 0 Å². The highest BCUT2D eigenvalue weighted by molar-refractivity contribution is 5.81. The van der Waals surface area contributed by atoms with Crippen molar-refractivity contribution in [3.63, 3.8) is 0 Å². The molecule has 0 spiro atoms. The van der Waals surface area contributed by atoms with Gasteiger partial charge in [-0.2, -0.15) is 0 Å². The predicted octanol–water partition coefficient (Wildman–Crippen LogP) is 0.387. The van der Waals surface area contributed by atoms with Crippen LogP contribution in [0.5, 0.6) is 0 Å². The standard InChI is InChI=1S/C9H17NO2/c1-9(2,3)7-4-10-8(12)6(7)5-11/h6-7,11H,4-5H2,1-3H3,(H,10,12). The number of hydrogen-bond acceptors (Lipinski definition) is 2. The number of carbonyl (C=O) groups is 1. The van der Waals surface area contributed by atoms with Gasteiger partial charge in [-0.15, -0.1) is 0 Å². The van der Waals surface area contributed by atoms with Crippen LogP contribution < -0.4 is 5.32 Å². The number of rotatable bonds is 1. The van der Waals surface area contributed by atoms with E-state index in [1.54, 1.807) is 0 Å². The van der Waals surface area contributed by atoms with Gasteiger partial charge in [0.05, 0.1) is 12.5 Å². The van der Waals surface area contributed by atoms with Gasteiger partial charge in [0.15, 0.2) is 0 Å². The van der Waals surface area contributed by atoms with Gasteiger partial charge in [-0.3, -0.25) is 4.79 Å². The summed E-state index contributed by atoms with van der Waals surface area (Å²) in [6, 6.07) is 0. The van der Waals surface area contributed by atoms with Crippen LogP contribution in [0.3, 0.4) is 0 Å². The van der Waals surface area contributed by atoms with E-state index in [0.717, 1.165) is 0 Å². The predicted molar refractivity (Wildman–Crippen MR) is 46.5 cm³/mol. The Morgan fingerprint density at radius 2 is 2.17 bits per heavy atom. The van der Waals surface area contributed by atoms with E-state index in [0.29, 0.717) is 6.54 Å². The Balaban J connectivity index is 2.73. The number of aliphatic hydroxyl groups excluding tert-OH is 1. The quantitative estimate of drug-likeness (QED) is 0.599. The molecule has 1 amide bonds. The lowest BCUT2D eigenvalue weighted by atomic mass is 9.75. The van der Waals surface area contributed by atoms with Gasteiger partial charge in [0.2, 0.25) is 5.91 Å². The van der Waals surface area contributed by atoms with Gasteiger partial charge >= 0.3 is 0 Å². The molecule has 12 heavy (non-hydrogen) atoms. The SMILES string of the molecule is CC(C)(C)C1CNC(=O)C1CO. The Morgan fingerprint density at radius 3 is 2.50 bits per heavy atom. The van der Waals surface area contributed by atoms with Gasteiger partial charge in [0.1, 0.15) is 0 Å². The average Bonchev–Trinajstić information content (AvgIpc) is 2.29. The molecule has 0 aromatic rings. The fourth-order valence-corrected chi connectivity index (χ4v) is 1.79. The van der Waals surface area contributed by atoms with Crippen molar-refractivity contribution in [1.82, 2.24) is 5.32 Å². The summed E-state index contributed by atoms with van der Waals surface area (Å²) >= 11 is 0. The van der Waals surface area contributed by atoms with Crippen LogP contribution in [-0.4, -0.2) is 24.2 Å². The van der Waals surface area contributed by atoms with E-state index in [-0.39, 0.29) is 29.8 Å². The molecule has 0 radical (unpaired) electrons. The van der Waals surface area contributed by atoms with E-state index in [1.165, 1.54) is 0 Å². The second-order valence-corrected chi connectivity index (χ2v) is 4.51. The zero-order valence-electron chi connectivity index (χ0n) is 7.92. The molecule has 1 heterocycles. The first kappa shape index (κ1) is 9.52. The molecule has 0 aromatic heterocycles. The van der Waals surface area contributed by atoms with Crippen molar-refractivity contribution in [1.29, 1.82) is 0 Å². The highest BCUT2D eigenvalue weighted by atomic mass is 16.3. The second-order valence-electron chi connectivity index (χ2n) is 4.51. The second kappa shape index (κ2) is 3.05. The summed E-state index contributed by atoms with van der Waals surface area (Å²) in [6.07, 6.45) is 0. The van der Waals surface area contributed by atoms with Gasteiger partial charge in [-0.05, 0) is 11.3 Å². The van der Waals surface area contributed by atoms with E-state index in [4.69, 9.17) is 5.11 Å². The molecule has 2 unspecified atom stereocenters. The average molecular weight is 171 g/mol. The topological polar surface area (TPSA) is 49.3 Å². The van der Waals surface area contributed by atoms with Crippen LogP contribution >= 0.6 is 0 Å². The van der Waals surface area contributed by atoms with E-state index < -0.39 is 0 Å². The summed E-state index contributed by atoms with van der Waals surface area (Å²) < 4.78 is 0. The summed E-state index contributed by atoms with van der Waals surface area (Å²) in [6.45, 7) is 6.96. The molecule has 3 nitrogen and oxygen atoms in total. The normalized spacial score (nSPS) is 30.5. The Labute approximate surface area is 73.2 Å². The van der Waals surface area contributed by atoms with Crippen molar-refractivity contribution < 1.29 is 9.90 Å². The van der Waals surface area contributed by atoms with E-state index in [1.807, 2.05) is 0 Å². The minimum atomic E-state index is -0.204. The van der Waals surface area contributed by atoms with Crippen LogP contribution in [0.15, 0.2) is 0 Å². The smallest absolute Gasteiger partial charge is 0.225 e. The fraction of sp³-hybridized carbons (Fsp3) is 0.889. The Hall–Kier alpha value is -0.570. The van der Waals surface area contributed by atoms with Gasteiger partial charge in [0.25, 0.3) is 0 Å². The lowest BCUT2D eigenvalue weighted by Gasteiger charge is -2.29. The lowest BCUT2D eigenvalue weighted by molar-refractivity contribution is -0.124. The molecule has 0 aliphatic carbocycles. The van der Waals surface area contributed by atoms with Crippen LogP contribution in [0.4, 0.5) is 0 Å². The molecule has 1 fully saturated rings. The Bertz CT molecular complexity index is 183. The van der Waals surface area contributed by atoms with Gasteiger partial charge in [0, 0.05) is 6.54 Å². The van der Waals surface area contributed by atoms with Crippen molar-refractivity contribution >= 4 is 5.91 Å². The van der Waals surface area contributed by atoms with Gasteiger partial charge in [-0.25, -0.2) is 0 Å². The van der Waals surface area contributed by atoms with Crippen LogP contribution in [0.2, 0.25) is 0 Å². The molecule has 0 aromatic carbocycles. The van der Waals surface area contributed by atoms with Gasteiger partial charge in [-0.1, -0.05) is 20.8 Å². The molecule has 0 bridgehead atoms. The highest BCUT2D eigenvalue weighted by Gasteiger charge is 2.40. The number of aliphatic hydroxyl groups is 1. The van der Waals surface area contributed by atoms with Crippen LogP contribution in [0.1, 0.15) is 20.8 Å². The maximum atomic E-state index is 11.2. The Kier molecular flexibility index (Phi) is 2.42. The molecule has 1 rings (SSSR count). The molecule has 3 heteroatoms. The third-order valence-electron chi connectivity index (χ3n) is 2.63. The van der Waals surface area contributed by atoms with Crippen LogP contribution in [-0.2, 0) is 4.79 Å². The first-order valence-corrected chi connectivity index (χ1v) is 4.35. The molecular weight excluding hydrogens is 154 g/mol. The molecule has 2 N–H and O–H groups in total. The number of nitrogens with one attached hydrogen (secondary N) is 1. The summed E-state index contributed by atoms with van der Waals surface area (Å²) in [4.78, 5) is 11.2. The summed E-state index contributed by atoms with van der Waals surface area (Å²) in [5.74, 6) is 0.0532. The highest BCUT2D eigenvalue weighted by Crippen LogP contribution is 2.34. The van der Waals surface area contributed by atoms with Crippen molar-refractivity contribution in [2.24, 2.45) is 17.3 Å². The van der Waals surface area contributed by atoms with Crippen molar-refractivity contribution in [2.75, 3.05) is 13.2 Å². The zero-order valence-corrected chi connectivity index (χ0v) is 7.92. The first-order valence-electron chi connectivity index (χ1n) is 4.35. The van der Waals surface area contributed by atoms with E-state index in [9.17, 15) is 4.79 Å². The first-order chi connectivity index (χ1) is 5.46. The molecule has 1 aliphatic rings. The molecule has 1 saturated heterocycles. The molecular formula is C9H17NO2. The van der Waals surface area contributed by atoms with Crippen molar-refractivity contribution in [2.45, 2.75) is 20.8 Å². The minimum absolute atomic E-state index is 0.00238. The van der Waals surface area contributed by atoms with Crippen LogP contribution in [0.25, 0.3) is 0 Å². The maximum Gasteiger partial charge on any atom is 0.225 e. The summed E-state index contributed by atoms with van der Waals surface area (Å²) in [5, 5.41) is 11.8. The van der Waals surface area contributed by atoms with E-state index in [2.05, 4.69) is 26.1 Å². The Morgan fingerprint density at radius 1 is 1.58 bits per heavy atom. The summed E-state index contributed by atoms with van der Waals surface area (Å²) in [5.41, 5.74) is 0.0898. The molecule has 70 valence electrons. The van der Waals surface area contributed by atoms with Gasteiger partial charge < -0.3 is 10.4 Å². The third-order valence-corrected chi connectivity index (χ3v) is 2.63. The van der Waals surface area contributed by atoms with Crippen molar-refractivity contribution in [3.05, 3.63) is 0 Å². The fourth-order valence-electron chi connectivity index (χ4n) is 1.79. The van der Waals surface area contributed by atoms with Crippen LogP contribution in [0, 0.1) is 17.3 Å². The molecule has 2 atom stereocenters.